The predicted molar refractivity (Wildman–Crippen MR) is 103 cm³/mol. The van der Waals surface area contributed by atoms with E-state index in [1.807, 2.05) is 0 Å². The van der Waals surface area contributed by atoms with Gasteiger partial charge in [-0.05, 0) is 58.4 Å². The van der Waals surface area contributed by atoms with Gasteiger partial charge in [-0.15, -0.1) is 0 Å². The molecule has 2 saturated heterocycles. The van der Waals surface area contributed by atoms with Crippen LogP contribution in [-0.2, 0) is 4.79 Å². The van der Waals surface area contributed by atoms with E-state index in [0.29, 0.717) is 15.9 Å². The summed E-state index contributed by atoms with van der Waals surface area (Å²) >= 11 is 1.11. The van der Waals surface area contributed by atoms with Gasteiger partial charge in [-0.25, -0.2) is 13.8 Å². The highest BCUT2D eigenvalue weighted by atomic mass is 32.1. The number of aromatic nitrogens is 1. The van der Waals surface area contributed by atoms with Gasteiger partial charge in [-0.2, -0.15) is 0 Å². The first-order chi connectivity index (χ1) is 13.0. The van der Waals surface area contributed by atoms with E-state index in [9.17, 15) is 13.6 Å². The number of hydrogen-bond acceptors (Lipinski definition) is 5. The standard InChI is InChI=1S/C19H24F2N4OS/c1-24-8-5-13(6-9-24)25-7-3-2-4-15(25)18(26)23-19-22-17-14(21)10-12(20)11-16(17)27-19/h10-11,13,15H,2-9H2,1H3,(H,22,23,26). The molecular weight excluding hydrogens is 370 g/mol. The average Bonchev–Trinajstić information content (AvgIpc) is 3.05. The third kappa shape index (κ3) is 3.97. The second-order valence-corrected chi connectivity index (χ2v) is 8.56. The van der Waals surface area contributed by atoms with Crippen molar-refractivity contribution in [3.05, 3.63) is 23.8 Å². The molecule has 1 aromatic heterocycles. The summed E-state index contributed by atoms with van der Waals surface area (Å²) in [5.74, 6) is -1.43. The number of carbonyl (C=O) groups is 1. The van der Waals surface area contributed by atoms with Crippen molar-refractivity contribution in [3.8, 4) is 0 Å². The molecule has 1 N–H and O–H groups in total. The van der Waals surface area contributed by atoms with Gasteiger partial charge in [-0.1, -0.05) is 17.8 Å². The van der Waals surface area contributed by atoms with Crippen LogP contribution in [0.1, 0.15) is 32.1 Å². The number of anilines is 1. The van der Waals surface area contributed by atoms with E-state index in [2.05, 4.69) is 27.1 Å². The Morgan fingerprint density at radius 1 is 1.19 bits per heavy atom. The van der Waals surface area contributed by atoms with Crippen LogP contribution in [0.4, 0.5) is 13.9 Å². The fourth-order valence-electron chi connectivity index (χ4n) is 4.20. The number of amides is 1. The van der Waals surface area contributed by atoms with Crippen LogP contribution in [0.2, 0.25) is 0 Å². The maximum absolute atomic E-state index is 13.9. The molecule has 8 heteroatoms. The van der Waals surface area contributed by atoms with Gasteiger partial charge in [0.2, 0.25) is 5.91 Å². The van der Waals surface area contributed by atoms with Gasteiger partial charge in [0.1, 0.15) is 11.3 Å². The lowest BCUT2D eigenvalue weighted by molar-refractivity contribution is -0.124. The zero-order chi connectivity index (χ0) is 19.0. The normalized spacial score (nSPS) is 23.0. The van der Waals surface area contributed by atoms with E-state index in [1.165, 1.54) is 6.07 Å². The van der Waals surface area contributed by atoms with Crippen molar-refractivity contribution in [2.24, 2.45) is 0 Å². The average molecular weight is 394 g/mol. The molecule has 0 radical (unpaired) electrons. The highest BCUT2D eigenvalue weighted by Gasteiger charge is 2.35. The van der Waals surface area contributed by atoms with Crippen LogP contribution in [0.15, 0.2) is 12.1 Å². The molecule has 146 valence electrons. The zero-order valence-corrected chi connectivity index (χ0v) is 16.2. The number of likely N-dealkylation sites (tertiary alicyclic amines) is 2. The van der Waals surface area contributed by atoms with Gasteiger partial charge in [0, 0.05) is 12.1 Å². The van der Waals surface area contributed by atoms with Crippen molar-refractivity contribution >= 4 is 32.6 Å². The van der Waals surface area contributed by atoms with Gasteiger partial charge >= 0.3 is 0 Å². The summed E-state index contributed by atoms with van der Waals surface area (Å²) in [4.78, 5) is 21.8. The van der Waals surface area contributed by atoms with E-state index in [1.54, 1.807) is 0 Å². The first-order valence-electron chi connectivity index (χ1n) is 9.52. The SMILES string of the molecule is CN1CCC(N2CCCCC2C(=O)Nc2nc3c(F)cc(F)cc3s2)CC1. The summed E-state index contributed by atoms with van der Waals surface area (Å²) in [7, 11) is 2.13. The molecule has 0 spiro atoms. The predicted octanol–water partition coefficient (Wildman–Crippen LogP) is 3.46. The number of carbonyl (C=O) groups excluding carboxylic acids is 1. The van der Waals surface area contributed by atoms with Crippen LogP contribution in [0.3, 0.4) is 0 Å². The first-order valence-corrected chi connectivity index (χ1v) is 10.3. The van der Waals surface area contributed by atoms with Gasteiger partial charge in [0.15, 0.2) is 10.9 Å². The van der Waals surface area contributed by atoms with E-state index in [4.69, 9.17) is 0 Å². The Morgan fingerprint density at radius 3 is 2.74 bits per heavy atom. The molecule has 0 aliphatic carbocycles. The molecule has 5 nitrogen and oxygen atoms in total. The third-order valence-corrected chi connectivity index (χ3v) is 6.57. The maximum atomic E-state index is 13.9. The minimum atomic E-state index is -0.702. The molecule has 1 amide bonds. The second-order valence-electron chi connectivity index (χ2n) is 7.53. The van der Waals surface area contributed by atoms with Crippen molar-refractivity contribution in [2.45, 2.75) is 44.2 Å². The summed E-state index contributed by atoms with van der Waals surface area (Å²) in [5.41, 5.74) is 0.104. The summed E-state index contributed by atoms with van der Waals surface area (Å²) in [5, 5.41) is 3.18. The van der Waals surface area contributed by atoms with Crippen LogP contribution in [0.25, 0.3) is 10.2 Å². The molecule has 4 rings (SSSR count). The smallest absolute Gasteiger partial charge is 0.243 e. The lowest BCUT2D eigenvalue weighted by Crippen LogP contribution is -2.54. The Hall–Kier alpha value is -1.64. The number of rotatable bonds is 3. The Bertz CT molecular complexity index is 834. The molecule has 2 fully saturated rings. The van der Waals surface area contributed by atoms with Crippen molar-refractivity contribution in [2.75, 3.05) is 32.0 Å². The monoisotopic (exact) mass is 394 g/mol. The summed E-state index contributed by atoms with van der Waals surface area (Å²) < 4.78 is 27.7. The minimum absolute atomic E-state index is 0.0893. The van der Waals surface area contributed by atoms with Crippen molar-refractivity contribution in [1.82, 2.24) is 14.8 Å². The largest absolute Gasteiger partial charge is 0.306 e. The van der Waals surface area contributed by atoms with Crippen LogP contribution in [-0.4, -0.2) is 59.5 Å². The van der Waals surface area contributed by atoms with Gasteiger partial charge in [0.25, 0.3) is 0 Å². The van der Waals surface area contributed by atoms with E-state index >= 15 is 0 Å². The zero-order valence-electron chi connectivity index (χ0n) is 15.4. The highest BCUT2D eigenvalue weighted by molar-refractivity contribution is 7.22. The number of benzene rings is 1. The first kappa shape index (κ1) is 18.7. The lowest BCUT2D eigenvalue weighted by atomic mass is 9.94. The number of hydrogen-bond donors (Lipinski definition) is 1. The molecule has 0 saturated carbocycles. The van der Waals surface area contributed by atoms with Crippen molar-refractivity contribution < 1.29 is 13.6 Å². The third-order valence-electron chi connectivity index (χ3n) is 5.65. The highest BCUT2D eigenvalue weighted by Crippen LogP contribution is 2.30. The number of thiazole rings is 1. The van der Waals surface area contributed by atoms with E-state index in [-0.39, 0.29) is 17.5 Å². The van der Waals surface area contributed by atoms with Gasteiger partial charge in [-0.3, -0.25) is 9.69 Å². The summed E-state index contributed by atoms with van der Waals surface area (Å²) in [6.45, 7) is 3.04. The minimum Gasteiger partial charge on any atom is -0.306 e. The Labute approximate surface area is 161 Å². The number of fused-ring (bicyclic) bond motifs is 1. The fourth-order valence-corrected chi connectivity index (χ4v) is 5.11. The van der Waals surface area contributed by atoms with Crippen LogP contribution in [0, 0.1) is 11.6 Å². The van der Waals surface area contributed by atoms with Crippen LogP contribution < -0.4 is 5.32 Å². The molecule has 1 aromatic carbocycles. The van der Waals surface area contributed by atoms with Crippen LogP contribution in [0.5, 0.6) is 0 Å². The quantitative estimate of drug-likeness (QED) is 0.866. The van der Waals surface area contributed by atoms with Crippen molar-refractivity contribution in [1.29, 1.82) is 0 Å². The Balaban J connectivity index is 1.49. The van der Waals surface area contributed by atoms with Crippen molar-refractivity contribution in [3.63, 3.8) is 0 Å². The van der Waals surface area contributed by atoms with Gasteiger partial charge in [0.05, 0.1) is 10.7 Å². The summed E-state index contributed by atoms with van der Waals surface area (Å²) in [6, 6.07) is 2.31. The molecule has 2 aromatic rings. The number of piperidine rings is 2. The maximum Gasteiger partial charge on any atom is 0.243 e. The Morgan fingerprint density at radius 2 is 1.96 bits per heavy atom. The molecule has 3 heterocycles. The Kier molecular flexibility index (Phi) is 5.39. The molecule has 1 atom stereocenters. The number of halogens is 2. The van der Waals surface area contributed by atoms with Crippen LogP contribution >= 0.6 is 11.3 Å². The van der Waals surface area contributed by atoms with E-state index in [0.717, 1.165) is 69.1 Å². The van der Waals surface area contributed by atoms with Gasteiger partial charge < -0.3 is 10.2 Å². The molecule has 2 aliphatic rings. The lowest BCUT2D eigenvalue weighted by Gasteiger charge is -2.43. The number of nitrogens with one attached hydrogen (secondary N) is 1. The number of nitrogens with zero attached hydrogens (tertiary/aromatic N) is 3. The van der Waals surface area contributed by atoms with E-state index < -0.39 is 11.6 Å². The molecule has 27 heavy (non-hydrogen) atoms. The fraction of sp³-hybridized carbons (Fsp3) is 0.579. The molecule has 1 unspecified atom stereocenters. The topological polar surface area (TPSA) is 48.5 Å². The molecular formula is C19H24F2N4OS. The molecule has 2 aliphatic heterocycles. The second kappa shape index (κ2) is 7.77. The summed E-state index contributed by atoms with van der Waals surface area (Å²) in [6.07, 6.45) is 5.12. The molecule has 0 bridgehead atoms.